The van der Waals surface area contributed by atoms with Gasteiger partial charge in [0.25, 0.3) is 0 Å². The van der Waals surface area contributed by atoms with Crippen molar-refractivity contribution in [3.8, 4) is 0 Å². The molecule has 19 heavy (non-hydrogen) atoms. The molecule has 0 aromatic rings. The van der Waals surface area contributed by atoms with Crippen molar-refractivity contribution in [1.82, 2.24) is 10.2 Å². The van der Waals surface area contributed by atoms with Crippen LogP contribution in [0.25, 0.3) is 0 Å². The van der Waals surface area contributed by atoms with Gasteiger partial charge in [-0.2, -0.15) is 0 Å². The molecule has 0 aromatic carbocycles. The van der Waals surface area contributed by atoms with Crippen LogP contribution in [0.3, 0.4) is 0 Å². The number of primary amides is 1. The van der Waals surface area contributed by atoms with Crippen molar-refractivity contribution in [3.05, 3.63) is 0 Å². The van der Waals surface area contributed by atoms with Gasteiger partial charge in [-0.05, 0) is 51.6 Å². The molecule has 4 nitrogen and oxygen atoms in total. The quantitative estimate of drug-likeness (QED) is 0.635. The van der Waals surface area contributed by atoms with Gasteiger partial charge in [0.05, 0.1) is 5.54 Å². The Morgan fingerprint density at radius 1 is 1.47 bits per heavy atom. The summed E-state index contributed by atoms with van der Waals surface area (Å²) in [6.07, 6.45) is 4.20. The van der Waals surface area contributed by atoms with Gasteiger partial charge in [-0.1, -0.05) is 20.8 Å². The fourth-order valence-corrected chi connectivity index (χ4v) is 2.50. The molecule has 1 rings (SSSR count). The van der Waals surface area contributed by atoms with E-state index in [2.05, 4.69) is 31.0 Å². The largest absolute Gasteiger partial charge is 0.368 e. The summed E-state index contributed by atoms with van der Waals surface area (Å²) in [6, 6.07) is 0.510. The first kappa shape index (κ1) is 16.4. The highest BCUT2D eigenvalue weighted by atomic mass is 16.1. The van der Waals surface area contributed by atoms with E-state index in [1.54, 1.807) is 0 Å². The maximum atomic E-state index is 11.7. The van der Waals surface area contributed by atoms with Crippen LogP contribution in [0.4, 0.5) is 0 Å². The molecule has 3 N–H and O–H groups in total. The molecule has 1 aliphatic rings. The molecule has 1 unspecified atom stereocenters. The second-order valence-corrected chi connectivity index (χ2v) is 6.51. The minimum absolute atomic E-state index is 0.216. The standard InChI is InChI=1S/C15H31N3O/c1-5-18(11-12(2)3)10-6-9-15(4,14(16)19)17-13-7-8-13/h12-13,17H,5-11H2,1-4H3,(H2,16,19). The van der Waals surface area contributed by atoms with Crippen LogP contribution in [0, 0.1) is 5.92 Å². The number of carbonyl (C=O) groups excluding carboxylic acids is 1. The second-order valence-electron chi connectivity index (χ2n) is 6.51. The van der Waals surface area contributed by atoms with Crippen LogP contribution in [-0.4, -0.2) is 42.0 Å². The number of rotatable bonds is 10. The minimum atomic E-state index is -0.529. The van der Waals surface area contributed by atoms with Crippen LogP contribution < -0.4 is 11.1 Å². The van der Waals surface area contributed by atoms with Gasteiger partial charge in [-0.15, -0.1) is 0 Å². The van der Waals surface area contributed by atoms with E-state index < -0.39 is 5.54 Å². The maximum Gasteiger partial charge on any atom is 0.237 e. The zero-order valence-corrected chi connectivity index (χ0v) is 13.0. The Labute approximate surface area is 118 Å². The molecular weight excluding hydrogens is 238 g/mol. The molecule has 0 bridgehead atoms. The summed E-state index contributed by atoms with van der Waals surface area (Å²) in [6.45, 7) is 11.9. The third-order valence-electron chi connectivity index (χ3n) is 3.87. The molecule has 112 valence electrons. The summed E-state index contributed by atoms with van der Waals surface area (Å²) in [5.41, 5.74) is 5.03. The van der Waals surface area contributed by atoms with Crippen LogP contribution in [0.2, 0.25) is 0 Å². The summed E-state index contributed by atoms with van der Waals surface area (Å²) in [7, 11) is 0. The summed E-state index contributed by atoms with van der Waals surface area (Å²) in [5, 5.41) is 3.41. The Kier molecular flexibility index (Phi) is 6.27. The molecule has 1 atom stereocenters. The molecule has 1 fully saturated rings. The minimum Gasteiger partial charge on any atom is -0.368 e. The number of nitrogens with one attached hydrogen (secondary N) is 1. The van der Waals surface area contributed by atoms with Gasteiger partial charge >= 0.3 is 0 Å². The fraction of sp³-hybridized carbons (Fsp3) is 0.933. The van der Waals surface area contributed by atoms with Gasteiger partial charge in [0, 0.05) is 12.6 Å². The third kappa shape index (κ3) is 5.91. The smallest absolute Gasteiger partial charge is 0.237 e. The van der Waals surface area contributed by atoms with E-state index in [4.69, 9.17) is 5.73 Å². The molecule has 0 saturated heterocycles. The summed E-state index contributed by atoms with van der Waals surface area (Å²) in [5.74, 6) is 0.471. The Bertz CT molecular complexity index is 289. The zero-order chi connectivity index (χ0) is 14.5. The van der Waals surface area contributed by atoms with Crippen LogP contribution >= 0.6 is 0 Å². The van der Waals surface area contributed by atoms with Gasteiger partial charge in [0.1, 0.15) is 0 Å². The van der Waals surface area contributed by atoms with Crippen LogP contribution in [0.15, 0.2) is 0 Å². The normalized spacial score (nSPS) is 18.8. The highest BCUT2D eigenvalue weighted by Gasteiger charge is 2.36. The number of carbonyl (C=O) groups is 1. The van der Waals surface area contributed by atoms with Crippen LogP contribution in [0.1, 0.15) is 53.4 Å². The number of nitrogens with two attached hydrogens (primary N) is 1. The molecule has 1 saturated carbocycles. The van der Waals surface area contributed by atoms with Crippen molar-refractivity contribution >= 4 is 5.91 Å². The molecule has 1 aliphatic carbocycles. The molecular formula is C15H31N3O. The Balaban J connectivity index is 2.36. The van der Waals surface area contributed by atoms with Gasteiger partial charge in [-0.3, -0.25) is 4.79 Å². The molecule has 1 amide bonds. The highest BCUT2D eigenvalue weighted by Crippen LogP contribution is 2.24. The summed E-state index contributed by atoms with van der Waals surface area (Å²) < 4.78 is 0. The van der Waals surface area contributed by atoms with Gasteiger partial charge in [0.15, 0.2) is 0 Å². The monoisotopic (exact) mass is 269 g/mol. The van der Waals surface area contributed by atoms with Crippen molar-refractivity contribution in [2.75, 3.05) is 19.6 Å². The lowest BCUT2D eigenvalue weighted by Crippen LogP contribution is -2.54. The Hall–Kier alpha value is -0.610. The molecule has 0 heterocycles. The fourth-order valence-electron chi connectivity index (χ4n) is 2.50. The van der Waals surface area contributed by atoms with Crippen molar-refractivity contribution in [2.45, 2.75) is 65.0 Å². The van der Waals surface area contributed by atoms with E-state index in [1.165, 1.54) is 12.8 Å². The van der Waals surface area contributed by atoms with Gasteiger partial charge in [-0.25, -0.2) is 0 Å². The zero-order valence-electron chi connectivity index (χ0n) is 13.0. The van der Waals surface area contributed by atoms with E-state index in [0.717, 1.165) is 32.5 Å². The molecule has 0 aromatic heterocycles. The van der Waals surface area contributed by atoms with Gasteiger partial charge in [0.2, 0.25) is 5.91 Å². The van der Waals surface area contributed by atoms with E-state index in [9.17, 15) is 4.79 Å². The average Bonchev–Trinajstić information content (AvgIpc) is 3.10. The van der Waals surface area contributed by atoms with E-state index >= 15 is 0 Å². The van der Waals surface area contributed by atoms with E-state index in [1.807, 2.05) is 6.92 Å². The van der Waals surface area contributed by atoms with E-state index in [0.29, 0.717) is 12.0 Å². The number of hydrogen-bond acceptors (Lipinski definition) is 3. The number of nitrogens with zero attached hydrogens (tertiary/aromatic N) is 1. The third-order valence-corrected chi connectivity index (χ3v) is 3.87. The predicted molar refractivity (Wildman–Crippen MR) is 79.9 cm³/mol. The lowest BCUT2D eigenvalue weighted by Gasteiger charge is -2.29. The molecule has 0 aliphatic heterocycles. The Morgan fingerprint density at radius 2 is 2.11 bits per heavy atom. The summed E-state index contributed by atoms with van der Waals surface area (Å²) >= 11 is 0. The van der Waals surface area contributed by atoms with Gasteiger partial charge < -0.3 is 16.0 Å². The van der Waals surface area contributed by atoms with Crippen molar-refractivity contribution in [1.29, 1.82) is 0 Å². The molecule has 4 heteroatoms. The second kappa shape index (κ2) is 7.25. The summed E-state index contributed by atoms with van der Waals surface area (Å²) in [4.78, 5) is 14.1. The topological polar surface area (TPSA) is 58.4 Å². The molecule has 0 radical (unpaired) electrons. The lowest BCUT2D eigenvalue weighted by molar-refractivity contribution is -0.124. The molecule has 0 spiro atoms. The van der Waals surface area contributed by atoms with Crippen LogP contribution in [-0.2, 0) is 4.79 Å². The lowest BCUT2D eigenvalue weighted by atomic mass is 9.94. The van der Waals surface area contributed by atoms with Crippen molar-refractivity contribution in [2.24, 2.45) is 11.7 Å². The van der Waals surface area contributed by atoms with E-state index in [-0.39, 0.29) is 5.91 Å². The Morgan fingerprint density at radius 3 is 2.53 bits per heavy atom. The van der Waals surface area contributed by atoms with Crippen molar-refractivity contribution in [3.63, 3.8) is 0 Å². The predicted octanol–water partition coefficient (Wildman–Crippen LogP) is 1.74. The number of amides is 1. The van der Waals surface area contributed by atoms with Crippen LogP contribution in [0.5, 0.6) is 0 Å². The first-order valence-corrected chi connectivity index (χ1v) is 7.67. The first-order chi connectivity index (χ1) is 8.87. The average molecular weight is 269 g/mol. The maximum absolute atomic E-state index is 11.7. The highest BCUT2D eigenvalue weighted by molar-refractivity contribution is 5.84. The SMILES string of the molecule is CCN(CCCC(C)(NC1CC1)C(N)=O)CC(C)C. The van der Waals surface area contributed by atoms with Crippen molar-refractivity contribution < 1.29 is 4.79 Å². The first-order valence-electron chi connectivity index (χ1n) is 7.67. The number of hydrogen-bond donors (Lipinski definition) is 2.